The van der Waals surface area contributed by atoms with E-state index >= 15 is 0 Å². The Kier molecular flexibility index (Phi) is 3.97. The molecule has 1 N–H and O–H groups in total. The number of thioether (sulfide) groups is 1. The molecule has 0 aromatic carbocycles. The van der Waals surface area contributed by atoms with Crippen LogP contribution in [0.15, 0.2) is 0 Å². The van der Waals surface area contributed by atoms with Crippen LogP contribution in [0.1, 0.15) is 26.7 Å². The SMILES string of the molecule is CC1CN(CC2(C)CCCNC2)CCS1. The molecule has 2 fully saturated rings. The molecule has 2 saturated heterocycles. The maximum atomic E-state index is 3.54. The first-order chi connectivity index (χ1) is 7.18. The maximum absolute atomic E-state index is 3.54. The lowest BCUT2D eigenvalue weighted by Crippen LogP contribution is -2.48. The molecule has 0 spiro atoms. The molecule has 15 heavy (non-hydrogen) atoms. The standard InChI is InChI=1S/C12H24N2S/c1-11-8-14(6-7-15-11)10-12(2)4-3-5-13-9-12/h11,13H,3-10H2,1-2H3. The summed E-state index contributed by atoms with van der Waals surface area (Å²) in [6.45, 7) is 11.1. The molecule has 2 unspecified atom stereocenters. The van der Waals surface area contributed by atoms with E-state index in [4.69, 9.17) is 0 Å². The highest BCUT2D eigenvalue weighted by Crippen LogP contribution is 2.28. The van der Waals surface area contributed by atoms with Gasteiger partial charge in [-0.25, -0.2) is 0 Å². The van der Waals surface area contributed by atoms with Crippen molar-refractivity contribution in [3.8, 4) is 0 Å². The molecule has 2 heterocycles. The van der Waals surface area contributed by atoms with Gasteiger partial charge in [-0.15, -0.1) is 0 Å². The molecule has 88 valence electrons. The third-order valence-electron chi connectivity index (χ3n) is 3.62. The van der Waals surface area contributed by atoms with Crippen molar-refractivity contribution in [1.29, 1.82) is 0 Å². The molecule has 0 saturated carbocycles. The first-order valence-corrected chi connectivity index (χ1v) is 7.28. The molecule has 0 aromatic rings. The predicted octanol–water partition coefficient (Wildman–Crippen LogP) is 1.81. The topological polar surface area (TPSA) is 15.3 Å². The zero-order valence-corrected chi connectivity index (χ0v) is 10.9. The van der Waals surface area contributed by atoms with Crippen LogP contribution in [0.3, 0.4) is 0 Å². The molecular formula is C12H24N2S. The Bertz CT molecular complexity index is 202. The molecule has 2 aliphatic rings. The van der Waals surface area contributed by atoms with Crippen LogP contribution >= 0.6 is 11.8 Å². The summed E-state index contributed by atoms with van der Waals surface area (Å²) in [5.41, 5.74) is 0.528. The zero-order chi connectivity index (χ0) is 10.7. The van der Waals surface area contributed by atoms with Crippen LogP contribution in [-0.4, -0.2) is 48.6 Å². The van der Waals surface area contributed by atoms with Crippen LogP contribution in [0.25, 0.3) is 0 Å². The fourth-order valence-electron chi connectivity index (χ4n) is 2.83. The van der Waals surface area contributed by atoms with Gasteiger partial charge in [-0.2, -0.15) is 11.8 Å². The van der Waals surface area contributed by atoms with E-state index in [2.05, 4.69) is 35.8 Å². The van der Waals surface area contributed by atoms with E-state index in [9.17, 15) is 0 Å². The van der Waals surface area contributed by atoms with E-state index in [1.54, 1.807) is 0 Å². The van der Waals surface area contributed by atoms with E-state index in [0.717, 1.165) is 5.25 Å². The highest BCUT2D eigenvalue weighted by atomic mass is 32.2. The van der Waals surface area contributed by atoms with Crippen molar-refractivity contribution in [2.75, 3.05) is 38.5 Å². The molecule has 2 atom stereocenters. The predicted molar refractivity (Wildman–Crippen MR) is 68.6 cm³/mol. The van der Waals surface area contributed by atoms with Gasteiger partial charge in [-0.05, 0) is 24.8 Å². The summed E-state index contributed by atoms with van der Waals surface area (Å²) in [7, 11) is 0. The van der Waals surface area contributed by atoms with Gasteiger partial charge < -0.3 is 10.2 Å². The molecule has 0 aliphatic carbocycles. The van der Waals surface area contributed by atoms with Crippen LogP contribution in [0.5, 0.6) is 0 Å². The molecule has 2 nitrogen and oxygen atoms in total. The average Bonchev–Trinajstić information content (AvgIpc) is 2.18. The minimum atomic E-state index is 0.528. The lowest BCUT2D eigenvalue weighted by atomic mass is 9.82. The van der Waals surface area contributed by atoms with Gasteiger partial charge in [0.25, 0.3) is 0 Å². The number of nitrogens with one attached hydrogen (secondary N) is 1. The largest absolute Gasteiger partial charge is 0.316 e. The second kappa shape index (κ2) is 5.07. The smallest absolute Gasteiger partial charge is 0.0147 e. The van der Waals surface area contributed by atoms with E-state index in [1.807, 2.05) is 0 Å². The lowest BCUT2D eigenvalue weighted by molar-refractivity contribution is 0.136. The minimum Gasteiger partial charge on any atom is -0.316 e. The third-order valence-corrected chi connectivity index (χ3v) is 4.75. The first kappa shape index (κ1) is 11.7. The molecule has 0 aromatic heterocycles. The van der Waals surface area contributed by atoms with E-state index in [1.165, 1.54) is 51.3 Å². The summed E-state index contributed by atoms with van der Waals surface area (Å²) < 4.78 is 0. The van der Waals surface area contributed by atoms with Crippen molar-refractivity contribution in [2.45, 2.75) is 31.9 Å². The van der Waals surface area contributed by atoms with Gasteiger partial charge in [0.15, 0.2) is 0 Å². The highest BCUT2D eigenvalue weighted by molar-refractivity contribution is 7.99. The van der Waals surface area contributed by atoms with Crippen LogP contribution < -0.4 is 5.32 Å². The van der Waals surface area contributed by atoms with Crippen LogP contribution in [0, 0.1) is 5.41 Å². The van der Waals surface area contributed by atoms with Crippen LogP contribution in [0.4, 0.5) is 0 Å². The number of hydrogen-bond donors (Lipinski definition) is 1. The third kappa shape index (κ3) is 3.36. The maximum Gasteiger partial charge on any atom is 0.0147 e. The number of hydrogen-bond acceptors (Lipinski definition) is 3. The van der Waals surface area contributed by atoms with Gasteiger partial charge in [-0.3, -0.25) is 0 Å². The Morgan fingerprint density at radius 2 is 2.40 bits per heavy atom. The normalized spacial score (nSPS) is 39.2. The van der Waals surface area contributed by atoms with Crippen molar-refractivity contribution in [1.82, 2.24) is 10.2 Å². The molecule has 0 bridgehead atoms. The Morgan fingerprint density at radius 3 is 3.07 bits per heavy atom. The van der Waals surface area contributed by atoms with Gasteiger partial charge in [0.05, 0.1) is 0 Å². The lowest BCUT2D eigenvalue weighted by Gasteiger charge is -2.41. The van der Waals surface area contributed by atoms with Gasteiger partial charge in [0.1, 0.15) is 0 Å². The van der Waals surface area contributed by atoms with Crippen molar-refractivity contribution in [3.63, 3.8) is 0 Å². The minimum absolute atomic E-state index is 0.528. The summed E-state index contributed by atoms with van der Waals surface area (Å²) in [4.78, 5) is 2.67. The van der Waals surface area contributed by atoms with Crippen molar-refractivity contribution < 1.29 is 0 Å². The highest BCUT2D eigenvalue weighted by Gasteiger charge is 2.30. The van der Waals surface area contributed by atoms with E-state index in [0.29, 0.717) is 5.41 Å². The second-order valence-electron chi connectivity index (χ2n) is 5.51. The fraction of sp³-hybridized carbons (Fsp3) is 1.00. The first-order valence-electron chi connectivity index (χ1n) is 6.23. The van der Waals surface area contributed by atoms with Crippen LogP contribution in [-0.2, 0) is 0 Å². The van der Waals surface area contributed by atoms with Gasteiger partial charge in [0.2, 0.25) is 0 Å². The summed E-state index contributed by atoms with van der Waals surface area (Å²) in [5.74, 6) is 1.32. The Balaban J connectivity index is 1.83. The summed E-state index contributed by atoms with van der Waals surface area (Å²) in [6.07, 6.45) is 2.76. The molecule has 2 aliphatic heterocycles. The van der Waals surface area contributed by atoms with Gasteiger partial charge in [0, 0.05) is 37.2 Å². The molecular weight excluding hydrogens is 204 g/mol. The summed E-state index contributed by atoms with van der Waals surface area (Å²) in [6, 6.07) is 0. The van der Waals surface area contributed by atoms with E-state index in [-0.39, 0.29) is 0 Å². The van der Waals surface area contributed by atoms with E-state index < -0.39 is 0 Å². The Labute approximate surface area is 98.2 Å². The Hall–Kier alpha value is 0.270. The monoisotopic (exact) mass is 228 g/mol. The van der Waals surface area contributed by atoms with Crippen molar-refractivity contribution in [2.24, 2.45) is 5.41 Å². The Morgan fingerprint density at radius 1 is 1.53 bits per heavy atom. The average molecular weight is 228 g/mol. The van der Waals surface area contributed by atoms with Gasteiger partial charge >= 0.3 is 0 Å². The number of nitrogens with zero attached hydrogens (tertiary/aromatic N) is 1. The summed E-state index contributed by atoms with van der Waals surface area (Å²) in [5, 5.41) is 4.38. The van der Waals surface area contributed by atoms with Crippen LogP contribution in [0.2, 0.25) is 0 Å². The number of piperidine rings is 1. The second-order valence-corrected chi connectivity index (χ2v) is 7.05. The molecule has 2 rings (SSSR count). The zero-order valence-electron chi connectivity index (χ0n) is 10.1. The fourth-order valence-corrected chi connectivity index (χ4v) is 3.91. The number of rotatable bonds is 2. The molecule has 0 amide bonds. The van der Waals surface area contributed by atoms with Crippen molar-refractivity contribution >= 4 is 11.8 Å². The quantitative estimate of drug-likeness (QED) is 0.776. The summed E-state index contributed by atoms with van der Waals surface area (Å²) >= 11 is 2.13. The van der Waals surface area contributed by atoms with Gasteiger partial charge in [-0.1, -0.05) is 13.8 Å². The molecule has 3 heteroatoms. The van der Waals surface area contributed by atoms with Crippen molar-refractivity contribution in [3.05, 3.63) is 0 Å². The molecule has 0 radical (unpaired) electrons.